The molecule has 0 aromatic heterocycles. The molecule has 2 aromatic carbocycles. The number of hydrogen-bond donors (Lipinski definition) is 5. The monoisotopic (exact) mass is 466 g/mol. The minimum Gasteiger partial charge on any atom is -0.508 e. The van der Waals surface area contributed by atoms with Gasteiger partial charge in [-0.05, 0) is 36.1 Å². The molecule has 0 bridgehead atoms. The van der Waals surface area contributed by atoms with Gasteiger partial charge < -0.3 is 26.8 Å². The Morgan fingerprint density at radius 2 is 1.56 bits per heavy atom. The van der Waals surface area contributed by atoms with Gasteiger partial charge in [-0.15, -0.1) is 0 Å². The van der Waals surface area contributed by atoms with Crippen molar-refractivity contribution in [3.05, 3.63) is 65.7 Å². The van der Waals surface area contributed by atoms with E-state index in [9.17, 15) is 19.5 Å². The maximum absolute atomic E-state index is 13.2. The van der Waals surface area contributed by atoms with Gasteiger partial charge in [0, 0.05) is 13.0 Å². The van der Waals surface area contributed by atoms with Crippen LogP contribution in [0.15, 0.2) is 54.6 Å². The van der Waals surface area contributed by atoms with Crippen LogP contribution in [0.1, 0.15) is 49.7 Å². The fourth-order valence-electron chi connectivity index (χ4n) is 4.00. The molecule has 0 spiro atoms. The highest BCUT2D eigenvalue weighted by atomic mass is 16.3. The van der Waals surface area contributed by atoms with Gasteiger partial charge in [0.1, 0.15) is 17.8 Å². The zero-order chi connectivity index (χ0) is 24.3. The van der Waals surface area contributed by atoms with Gasteiger partial charge in [-0.3, -0.25) is 14.4 Å². The highest BCUT2D eigenvalue weighted by molar-refractivity contribution is 5.93. The Morgan fingerprint density at radius 3 is 2.26 bits per heavy atom. The molecule has 8 heteroatoms. The number of hydrogen-bond acceptors (Lipinski definition) is 5. The minimum atomic E-state index is -0.895. The van der Waals surface area contributed by atoms with E-state index >= 15 is 0 Å². The van der Waals surface area contributed by atoms with E-state index in [1.54, 1.807) is 12.1 Å². The van der Waals surface area contributed by atoms with E-state index in [1.165, 1.54) is 12.1 Å². The summed E-state index contributed by atoms with van der Waals surface area (Å²) in [5.41, 5.74) is 7.78. The molecule has 1 heterocycles. The second-order valence-corrected chi connectivity index (χ2v) is 8.79. The third kappa shape index (κ3) is 7.88. The summed E-state index contributed by atoms with van der Waals surface area (Å²) in [6, 6.07) is 13.7. The number of carbonyl (C=O) groups excluding carboxylic acids is 3. The van der Waals surface area contributed by atoms with Crippen LogP contribution in [0.2, 0.25) is 0 Å². The zero-order valence-electron chi connectivity index (χ0n) is 19.3. The maximum atomic E-state index is 13.2. The number of nitrogens with one attached hydrogen (secondary N) is 3. The average Bonchev–Trinajstić information content (AvgIpc) is 2.85. The molecule has 182 valence electrons. The van der Waals surface area contributed by atoms with Crippen molar-refractivity contribution in [3.8, 4) is 5.75 Å². The quantitative estimate of drug-likeness (QED) is 0.459. The first-order valence-corrected chi connectivity index (χ1v) is 11.9. The summed E-state index contributed by atoms with van der Waals surface area (Å²) < 4.78 is 0. The van der Waals surface area contributed by atoms with Crippen molar-refractivity contribution in [2.45, 2.75) is 69.6 Å². The first-order valence-electron chi connectivity index (χ1n) is 11.9. The number of phenolic OH excluding ortho intramolecular Hbond substituents is 1. The van der Waals surface area contributed by atoms with Gasteiger partial charge in [-0.1, -0.05) is 68.1 Å². The Kier molecular flexibility index (Phi) is 9.46. The molecular weight excluding hydrogens is 432 g/mol. The van der Waals surface area contributed by atoms with Crippen molar-refractivity contribution < 1.29 is 19.5 Å². The van der Waals surface area contributed by atoms with E-state index in [1.807, 2.05) is 30.3 Å². The van der Waals surface area contributed by atoms with Gasteiger partial charge in [0.2, 0.25) is 17.7 Å². The van der Waals surface area contributed by atoms with Crippen molar-refractivity contribution in [1.82, 2.24) is 16.0 Å². The molecule has 34 heavy (non-hydrogen) atoms. The number of nitrogens with two attached hydrogens (primary N) is 1. The second kappa shape index (κ2) is 12.7. The third-order valence-corrected chi connectivity index (χ3v) is 6.05. The molecule has 8 nitrogen and oxygen atoms in total. The molecule has 0 unspecified atom stereocenters. The van der Waals surface area contributed by atoms with Crippen LogP contribution >= 0.6 is 0 Å². The van der Waals surface area contributed by atoms with Crippen LogP contribution in [0.3, 0.4) is 0 Å². The molecule has 0 saturated carbocycles. The van der Waals surface area contributed by atoms with Crippen molar-refractivity contribution in [3.63, 3.8) is 0 Å². The number of aromatic hydroxyl groups is 1. The summed E-state index contributed by atoms with van der Waals surface area (Å²) in [7, 11) is 0. The zero-order valence-corrected chi connectivity index (χ0v) is 19.3. The van der Waals surface area contributed by atoms with Crippen LogP contribution in [0, 0.1) is 0 Å². The largest absolute Gasteiger partial charge is 0.508 e. The minimum absolute atomic E-state index is 0.115. The lowest BCUT2D eigenvalue weighted by Crippen LogP contribution is -2.56. The molecule has 2 aromatic rings. The van der Waals surface area contributed by atoms with Crippen LogP contribution in [0.25, 0.3) is 0 Å². The van der Waals surface area contributed by atoms with Gasteiger partial charge in [-0.2, -0.15) is 0 Å². The lowest BCUT2D eigenvalue weighted by molar-refractivity contribution is -0.132. The first kappa shape index (κ1) is 25.2. The predicted molar refractivity (Wildman–Crippen MR) is 130 cm³/mol. The topological polar surface area (TPSA) is 134 Å². The molecule has 1 fully saturated rings. The molecular formula is C26H34N4O4. The summed E-state index contributed by atoms with van der Waals surface area (Å²) in [5, 5.41) is 18.1. The second-order valence-electron chi connectivity index (χ2n) is 8.79. The van der Waals surface area contributed by atoms with E-state index < -0.39 is 24.0 Å². The van der Waals surface area contributed by atoms with Gasteiger partial charge >= 0.3 is 0 Å². The van der Waals surface area contributed by atoms with Crippen LogP contribution in [-0.4, -0.2) is 41.0 Å². The number of amides is 3. The predicted octanol–water partition coefficient (Wildman–Crippen LogP) is 1.90. The molecule has 1 aliphatic rings. The van der Waals surface area contributed by atoms with Crippen molar-refractivity contribution in [2.75, 3.05) is 0 Å². The summed E-state index contributed by atoms with van der Waals surface area (Å²) in [6.07, 6.45) is 4.65. The summed E-state index contributed by atoms with van der Waals surface area (Å²) in [6.45, 7) is 0.370. The smallest absolute Gasteiger partial charge is 0.243 e. The molecule has 3 amide bonds. The van der Waals surface area contributed by atoms with E-state index in [0.717, 1.165) is 36.8 Å². The molecule has 1 saturated heterocycles. The fraction of sp³-hybridized carbons (Fsp3) is 0.423. The maximum Gasteiger partial charge on any atom is 0.243 e. The van der Waals surface area contributed by atoms with E-state index in [4.69, 9.17) is 5.73 Å². The molecule has 0 radical (unpaired) electrons. The van der Waals surface area contributed by atoms with Gasteiger partial charge in [0.05, 0.1) is 6.04 Å². The first-order chi connectivity index (χ1) is 16.4. The van der Waals surface area contributed by atoms with Gasteiger partial charge in [0.25, 0.3) is 0 Å². The lowest BCUT2D eigenvalue weighted by atomic mass is 10.0. The normalized spacial score (nSPS) is 22.3. The highest BCUT2D eigenvalue weighted by Gasteiger charge is 2.28. The molecule has 1 aliphatic heterocycles. The third-order valence-electron chi connectivity index (χ3n) is 6.05. The summed E-state index contributed by atoms with van der Waals surface area (Å²) >= 11 is 0. The fourth-order valence-corrected chi connectivity index (χ4v) is 4.00. The van der Waals surface area contributed by atoms with Crippen LogP contribution in [0.5, 0.6) is 5.75 Å². The van der Waals surface area contributed by atoms with Crippen LogP contribution in [0.4, 0.5) is 0 Å². The highest BCUT2D eigenvalue weighted by Crippen LogP contribution is 2.14. The van der Waals surface area contributed by atoms with Crippen molar-refractivity contribution in [1.29, 1.82) is 0 Å². The Labute approximate surface area is 200 Å². The summed E-state index contributed by atoms with van der Waals surface area (Å²) in [5.74, 6) is -0.959. The molecule has 3 rings (SSSR count). The van der Waals surface area contributed by atoms with Crippen molar-refractivity contribution >= 4 is 17.7 Å². The molecule has 0 aliphatic carbocycles. The number of rotatable bonds is 5. The van der Waals surface area contributed by atoms with Crippen LogP contribution in [-0.2, 0) is 27.3 Å². The number of benzene rings is 2. The number of phenols is 1. The van der Waals surface area contributed by atoms with Gasteiger partial charge in [-0.25, -0.2) is 0 Å². The van der Waals surface area contributed by atoms with Crippen LogP contribution < -0.4 is 21.7 Å². The molecule has 6 N–H and O–H groups in total. The molecule has 3 atom stereocenters. The number of carbonyl (C=O) groups is 3. The van der Waals surface area contributed by atoms with Gasteiger partial charge in [0.15, 0.2) is 0 Å². The Hall–Kier alpha value is -3.39. The summed E-state index contributed by atoms with van der Waals surface area (Å²) in [4.78, 5) is 38.8. The average molecular weight is 467 g/mol. The SMILES string of the molecule is N[C@H]1CCCCCC[C@@H](C(=O)NCc2ccccc2)NC(=O)[C@H](Cc2ccc(O)cc2)NC1=O. The van der Waals surface area contributed by atoms with Crippen molar-refractivity contribution in [2.24, 2.45) is 5.73 Å². The Bertz CT molecular complexity index is 949. The Morgan fingerprint density at radius 1 is 0.882 bits per heavy atom. The standard InChI is InChI=1S/C26H34N4O4/c27-21-10-6-1-2-7-11-22(25(33)28-17-19-8-4-3-5-9-19)29-26(34)23(30-24(21)32)16-18-12-14-20(31)15-13-18/h3-5,8-9,12-15,21-23,31H,1-2,6-7,10-11,16-17,27H2,(H,28,33)(H,29,34)(H,30,32)/t21-,22-,23-/m0/s1. The lowest BCUT2D eigenvalue weighted by Gasteiger charge is -2.24. The Balaban J connectivity index is 1.74. The van der Waals surface area contributed by atoms with E-state index in [-0.39, 0.29) is 24.0 Å². The van der Waals surface area contributed by atoms with E-state index in [0.29, 0.717) is 19.4 Å². The van der Waals surface area contributed by atoms with E-state index in [2.05, 4.69) is 16.0 Å².